The minimum absolute atomic E-state index is 0.322. The number of aldehydes is 1. The fraction of sp³-hybridized carbons (Fsp3) is 0.500. The number of hydrogen-bond acceptors (Lipinski definition) is 2. The molecule has 1 N–H and O–H groups in total. The summed E-state index contributed by atoms with van der Waals surface area (Å²) in [5.41, 5.74) is 0. The minimum atomic E-state index is -0.869. The van der Waals surface area contributed by atoms with Crippen LogP contribution < -0.4 is 0 Å². The molecule has 0 bridgehead atoms. The Kier molecular flexibility index (Phi) is 2.41. The largest absolute Gasteiger partial charge is 0.481 e. The van der Waals surface area contributed by atoms with Gasteiger partial charge in [-0.05, 0) is 12.8 Å². The fourth-order valence-corrected chi connectivity index (χ4v) is 1.27. The number of rotatable bonds is 2. The number of carbonyl (C=O) groups excluding carboxylic acids is 1. The molecule has 3 heteroatoms. The zero-order chi connectivity index (χ0) is 8.27. The fourth-order valence-electron chi connectivity index (χ4n) is 1.27. The lowest BCUT2D eigenvalue weighted by atomic mass is 9.84. The van der Waals surface area contributed by atoms with Crippen molar-refractivity contribution in [2.24, 2.45) is 11.8 Å². The van der Waals surface area contributed by atoms with Gasteiger partial charge in [-0.15, -0.1) is 0 Å². The van der Waals surface area contributed by atoms with Gasteiger partial charge in [0.15, 0.2) is 0 Å². The summed E-state index contributed by atoms with van der Waals surface area (Å²) in [6, 6.07) is 0. The van der Waals surface area contributed by atoms with E-state index in [1.54, 1.807) is 0 Å². The highest BCUT2D eigenvalue weighted by Crippen LogP contribution is 2.23. The standard InChI is InChI=1S/C8H10O3/c9-5-6-3-1-2-4-7(6)8(10)11/h1-2,5-7H,3-4H2,(H,10,11)/t6-,7-/m0/s1. The van der Waals surface area contributed by atoms with E-state index in [2.05, 4.69) is 0 Å². The molecule has 0 aromatic heterocycles. The van der Waals surface area contributed by atoms with Crippen LogP contribution >= 0.6 is 0 Å². The molecule has 0 saturated carbocycles. The third kappa shape index (κ3) is 1.67. The van der Waals surface area contributed by atoms with Crippen LogP contribution in [0.1, 0.15) is 12.8 Å². The first-order valence-corrected chi connectivity index (χ1v) is 3.59. The first kappa shape index (κ1) is 7.98. The molecule has 1 rings (SSSR count). The molecule has 0 aliphatic heterocycles. The van der Waals surface area contributed by atoms with Crippen molar-refractivity contribution in [3.63, 3.8) is 0 Å². The average Bonchev–Trinajstić information content (AvgIpc) is 2.04. The lowest BCUT2D eigenvalue weighted by molar-refractivity contribution is -0.145. The Labute approximate surface area is 64.7 Å². The van der Waals surface area contributed by atoms with Crippen molar-refractivity contribution < 1.29 is 14.7 Å². The molecule has 0 amide bonds. The Morgan fingerprint density at radius 1 is 1.45 bits per heavy atom. The van der Waals surface area contributed by atoms with Crippen molar-refractivity contribution in [1.29, 1.82) is 0 Å². The van der Waals surface area contributed by atoms with Crippen LogP contribution in [-0.2, 0) is 9.59 Å². The summed E-state index contributed by atoms with van der Waals surface area (Å²) in [5, 5.41) is 8.65. The highest BCUT2D eigenvalue weighted by molar-refractivity contribution is 5.75. The summed E-state index contributed by atoms with van der Waals surface area (Å²) in [7, 11) is 0. The van der Waals surface area contributed by atoms with Crippen LogP contribution in [0.15, 0.2) is 12.2 Å². The van der Waals surface area contributed by atoms with Gasteiger partial charge in [0, 0.05) is 5.92 Å². The lowest BCUT2D eigenvalue weighted by Gasteiger charge is -2.19. The van der Waals surface area contributed by atoms with E-state index in [1.165, 1.54) is 0 Å². The molecule has 11 heavy (non-hydrogen) atoms. The molecule has 0 saturated heterocycles. The van der Waals surface area contributed by atoms with Crippen molar-refractivity contribution in [3.05, 3.63) is 12.2 Å². The van der Waals surface area contributed by atoms with Gasteiger partial charge in [-0.3, -0.25) is 4.79 Å². The predicted molar refractivity (Wildman–Crippen MR) is 39.1 cm³/mol. The maximum Gasteiger partial charge on any atom is 0.307 e. The van der Waals surface area contributed by atoms with E-state index < -0.39 is 11.9 Å². The van der Waals surface area contributed by atoms with E-state index in [-0.39, 0.29) is 5.92 Å². The number of aliphatic carboxylic acids is 1. The Morgan fingerprint density at radius 3 is 2.55 bits per heavy atom. The van der Waals surface area contributed by atoms with Gasteiger partial charge < -0.3 is 9.90 Å². The van der Waals surface area contributed by atoms with Gasteiger partial charge >= 0.3 is 5.97 Å². The molecule has 0 radical (unpaired) electrons. The number of allylic oxidation sites excluding steroid dienone is 2. The van der Waals surface area contributed by atoms with Crippen LogP contribution in [0.2, 0.25) is 0 Å². The van der Waals surface area contributed by atoms with E-state index >= 15 is 0 Å². The number of hydrogen-bond donors (Lipinski definition) is 1. The van der Waals surface area contributed by atoms with Gasteiger partial charge in [0.2, 0.25) is 0 Å². The number of carboxylic acids is 1. The highest BCUT2D eigenvalue weighted by Gasteiger charge is 2.27. The van der Waals surface area contributed by atoms with Crippen LogP contribution in [-0.4, -0.2) is 17.4 Å². The summed E-state index contributed by atoms with van der Waals surface area (Å²) in [6.07, 6.45) is 5.47. The SMILES string of the molecule is O=C[C@@H]1CC=CC[C@@H]1C(=O)O. The molecule has 2 atom stereocenters. The Balaban J connectivity index is 2.68. The Bertz CT molecular complexity index is 196. The smallest absolute Gasteiger partial charge is 0.307 e. The van der Waals surface area contributed by atoms with Crippen LogP contribution in [0, 0.1) is 11.8 Å². The van der Waals surface area contributed by atoms with Crippen LogP contribution in [0.5, 0.6) is 0 Å². The topological polar surface area (TPSA) is 54.4 Å². The van der Waals surface area contributed by atoms with Gasteiger partial charge in [-0.2, -0.15) is 0 Å². The summed E-state index contributed by atoms with van der Waals surface area (Å²) >= 11 is 0. The summed E-state index contributed by atoms with van der Waals surface area (Å²) in [5.74, 6) is -1.69. The van der Waals surface area contributed by atoms with Crippen molar-refractivity contribution >= 4 is 12.3 Å². The van der Waals surface area contributed by atoms with Gasteiger partial charge in [0.1, 0.15) is 6.29 Å². The highest BCUT2D eigenvalue weighted by atomic mass is 16.4. The number of carboxylic acid groups (broad SMARTS) is 1. The van der Waals surface area contributed by atoms with Gasteiger partial charge in [-0.1, -0.05) is 12.2 Å². The van der Waals surface area contributed by atoms with Crippen LogP contribution in [0.4, 0.5) is 0 Å². The van der Waals surface area contributed by atoms with E-state index in [0.29, 0.717) is 12.8 Å². The molecule has 0 fully saturated rings. The summed E-state index contributed by atoms with van der Waals surface area (Å²) in [4.78, 5) is 20.9. The summed E-state index contributed by atoms with van der Waals surface area (Å²) < 4.78 is 0. The first-order chi connectivity index (χ1) is 5.25. The lowest BCUT2D eigenvalue weighted by Crippen LogP contribution is -2.25. The second-order valence-corrected chi connectivity index (χ2v) is 2.69. The Morgan fingerprint density at radius 2 is 2.09 bits per heavy atom. The zero-order valence-electron chi connectivity index (χ0n) is 6.06. The third-order valence-corrected chi connectivity index (χ3v) is 1.97. The maximum absolute atomic E-state index is 10.5. The van der Waals surface area contributed by atoms with Gasteiger partial charge in [0.25, 0.3) is 0 Å². The molecule has 0 heterocycles. The molecule has 0 unspecified atom stereocenters. The molecule has 60 valence electrons. The van der Waals surface area contributed by atoms with Crippen molar-refractivity contribution in [2.45, 2.75) is 12.8 Å². The second kappa shape index (κ2) is 3.32. The van der Waals surface area contributed by atoms with Crippen molar-refractivity contribution in [3.8, 4) is 0 Å². The quantitative estimate of drug-likeness (QED) is 0.474. The van der Waals surface area contributed by atoms with Crippen LogP contribution in [0.3, 0.4) is 0 Å². The normalized spacial score (nSPS) is 29.8. The molecule has 1 aliphatic carbocycles. The van der Waals surface area contributed by atoms with Crippen molar-refractivity contribution in [1.82, 2.24) is 0 Å². The second-order valence-electron chi connectivity index (χ2n) is 2.69. The van der Waals surface area contributed by atoms with Crippen LogP contribution in [0.25, 0.3) is 0 Å². The average molecular weight is 154 g/mol. The third-order valence-electron chi connectivity index (χ3n) is 1.97. The molecule has 0 aromatic rings. The monoisotopic (exact) mass is 154 g/mol. The van der Waals surface area contributed by atoms with E-state index in [9.17, 15) is 9.59 Å². The molecular weight excluding hydrogens is 144 g/mol. The maximum atomic E-state index is 10.5. The molecular formula is C8H10O3. The molecule has 1 aliphatic rings. The van der Waals surface area contributed by atoms with Crippen molar-refractivity contribution in [2.75, 3.05) is 0 Å². The Hall–Kier alpha value is -1.12. The van der Waals surface area contributed by atoms with E-state index in [4.69, 9.17) is 5.11 Å². The minimum Gasteiger partial charge on any atom is -0.481 e. The van der Waals surface area contributed by atoms with E-state index in [1.807, 2.05) is 12.2 Å². The van der Waals surface area contributed by atoms with Gasteiger partial charge in [0.05, 0.1) is 5.92 Å². The molecule has 0 spiro atoms. The van der Waals surface area contributed by atoms with E-state index in [0.717, 1.165) is 6.29 Å². The molecule has 3 nitrogen and oxygen atoms in total. The molecule has 0 aromatic carbocycles. The van der Waals surface area contributed by atoms with Gasteiger partial charge in [-0.25, -0.2) is 0 Å². The predicted octanol–water partition coefficient (Wildman–Crippen LogP) is 0.852. The summed E-state index contributed by atoms with van der Waals surface area (Å²) in [6.45, 7) is 0. The zero-order valence-corrected chi connectivity index (χ0v) is 6.06. The number of carbonyl (C=O) groups is 2. The first-order valence-electron chi connectivity index (χ1n) is 3.59.